The molecular formula is C23H25N3O4S. The minimum absolute atomic E-state index is 0.0166. The Labute approximate surface area is 184 Å². The number of ether oxygens (including phenoxy) is 1. The van der Waals surface area contributed by atoms with Crippen molar-refractivity contribution in [1.82, 2.24) is 9.47 Å². The van der Waals surface area contributed by atoms with Crippen molar-refractivity contribution in [2.45, 2.75) is 20.0 Å². The Morgan fingerprint density at radius 1 is 1.03 bits per heavy atom. The Morgan fingerprint density at radius 3 is 2.39 bits per heavy atom. The molecule has 0 bridgehead atoms. The van der Waals surface area contributed by atoms with Crippen molar-refractivity contribution in [3.8, 4) is 0 Å². The predicted octanol–water partition coefficient (Wildman–Crippen LogP) is 3.13. The molecule has 0 saturated carbocycles. The fraction of sp³-hybridized carbons (Fsp3) is 0.348. The Balaban J connectivity index is 1.73. The fourth-order valence-electron chi connectivity index (χ4n) is 3.95. The van der Waals surface area contributed by atoms with Gasteiger partial charge in [0.2, 0.25) is 0 Å². The predicted molar refractivity (Wildman–Crippen MR) is 122 cm³/mol. The molecule has 1 aliphatic heterocycles. The third-order valence-electron chi connectivity index (χ3n) is 5.44. The zero-order valence-corrected chi connectivity index (χ0v) is 18.6. The summed E-state index contributed by atoms with van der Waals surface area (Å²) >= 11 is 1.43. The highest BCUT2D eigenvalue weighted by Crippen LogP contribution is 2.30. The summed E-state index contributed by atoms with van der Waals surface area (Å²) in [6.45, 7) is 5.60. The number of rotatable bonds is 4. The van der Waals surface area contributed by atoms with Gasteiger partial charge in [0.15, 0.2) is 0 Å². The zero-order chi connectivity index (χ0) is 22.1. The number of carbonyl (C=O) groups is 2. The van der Waals surface area contributed by atoms with E-state index in [1.807, 2.05) is 51.6 Å². The summed E-state index contributed by atoms with van der Waals surface area (Å²) in [5.41, 5.74) is 1.01. The molecule has 162 valence electrons. The maximum absolute atomic E-state index is 13.2. The zero-order valence-electron chi connectivity index (χ0n) is 17.8. The molecule has 1 fully saturated rings. The minimum atomic E-state index is -0.617. The van der Waals surface area contributed by atoms with Gasteiger partial charge in [0.1, 0.15) is 5.56 Å². The highest BCUT2D eigenvalue weighted by Gasteiger charge is 2.30. The van der Waals surface area contributed by atoms with Gasteiger partial charge in [-0.3, -0.25) is 9.59 Å². The SMILES string of the molecule is CC(C)OC(=O)c1c(N2CCN(C(=O)c3cccs3)CC2)c2ccccc2n(C)c1=O. The highest BCUT2D eigenvalue weighted by atomic mass is 32.1. The lowest BCUT2D eigenvalue weighted by Gasteiger charge is -2.37. The second-order valence-electron chi connectivity index (χ2n) is 7.82. The number of amides is 1. The van der Waals surface area contributed by atoms with Crippen molar-refractivity contribution >= 4 is 39.8 Å². The monoisotopic (exact) mass is 439 g/mol. The number of benzene rings is 1. The first-order valence-corrected chi connectivity index (χ1v) is 11.2. The fourth-order valence-corrected chi connectivity index (χ4v) is 4.64. The van der Waals surface area contributed by atoms with E-state index in [1.54, 1.807) is 20.9 Å². The molecule has 8 heteroatoms. The second kappa shape index (κ2) is 8.55. The van der Waals surface area contributed by atoms with Crippen LogP contribution in [0, 0.1) is 0 Å². The van der Waals surface area contributed by atoms with E-state index in [2.05, 4.69) is 0 Å². The lowest BCUT2D eigenvalue weighted by molar-refractivity contribution is 0.0375. The van der Waals surface area contributed by atoms with Crippen LogP contribution >= 0.6 is 11.3 Å². The Kier molecular flexibility index (Phi) is 5.82. The molecule has 1 aliphatic rings. The van der Waals surface area contributed by atoms with Gasteiger partial charge in [-0.05, 0) is 31.4 Å². The lowest BCUT2D eigenvalue weighted by atomic mass is 10.1. The van der Waals surface area contributed by atoms with Crippen LogP contribution < -0.4 is 10.5 Å². The van der Waals surface area contributed by atoms with Crippen molar-refractivity contribution in [2.75, 3.05) is 31.1 Å². The van der Waals surface area contributed by atoms with Crippen LogP contribution in [0.25, 0.3) is 10.9 Å². The normalized spacial score (nSPS) is 14.3. The second-order valence-corrected chi connectivity index (χ2v) is 8.76. The summed E-state index contributed by atoms with van der Waals surface area (Å²) in [4.78, 5) is 43.4. The van der Waals surface area contributed by atoms with Gasteiger partial charge in [-0.1, -0.05) is 24.3 Å². The van der Waals surface area contributed by atoms with Crippen molar-refractivity contribution in [1.29, 1.82) is 0 Å². The minimum Gasteiger partial charge on any atom is -0.459 e. The van der Waals surface area contributed by atoms with Gasteiger partial charge < -0.3 is 19.1 Å². The number of pyridine rings is 1. The number of aryl methyl sites for hydroxylation is 1. The number of carbonyl (C=O) groups excluding carboxylic acids is 2. The van der Waals surface area contributed by atoms with Crippen molar-refractivity contribution in [3.05, 3.63) is 62.6 Å². The molecule has 0 unspecified atom stereocenters. The first-order valence-electron chi connectivity index (χ1n) is 10.3. The maximum atomic E-state index is 13.2. The van der Waals surface area contributed by atoms with Crippen LogP contribution in [0.5, 0.6) is 0 Å². The number of thiophene rings is 1. The molecule has 1 aromatic carbocycles. The number of piperazine rings is 1. The number of fused-ring (bicyclic) bond motifs is 1. The number of esters is 1. The summed E-state index contributed by atoms with van der Waals surface area (Å²) < 4.78 is 6.91. The number of aromatic nitrogens is 1. The number of para-hydroxylation sites is 1. The van der Waals surface area contributed by atoms with Crippen LogP contribution in [0.4, 0.5) is 5.69 Å². The molecule has 2 aromatic heterocycles. The van der Waals surface area contributed by atoms with Crippen LogP contribution in [0.1, 0.15) is 33.9 Å². The molecule has 0 N–H and O–H groups in total. The average Bonchev–Trinajstić information content (AvgIpc) is 3.30. The van der Waals surface area contributed by atoms with E-state index in [1.165, 1.54) is 15.9 Å². The largest absolute Gasteiger partial charge is 0.459 e. The van der Waals surface area contributed by atoms with E-state index in [0.717, 1.165) is 10.9 Å². The van der Waals surface area contributed by atoms with E-state index in [-0.39, 0.29) is 23.1 Å². The van der Waals surface area contributed by atoms with Crippen LogP contribution in [0.3, 0.4) is 0 Å². The van der Waals surface area contributed by atoms with Gasteiger partial charge in [-0.15, -0.1) is 11.3 Å². The molecule has 0 spiro atoms. The van der Waals surface area contributed by atoms with Crippen molar-refractivity contribution in [3.63, 3.8) is 0 Å². The smallest absolute Gasteiger partial charge is 0.346 e. The van der Waals surface area contributed by atoms with Gasteiger partial charge in [0, 0.05) is 38.6 Å². The number of nitrogens with zero attached hydrogens (tertiary/aromatic N) is 3. The first-order chi connectivity index (χ1) is 14.9. The summed E-state index contributed by atoms with van der Waals surface area (Å²) in [5.74, 6) is -0.601. The van der Waals surface area contributed by atoms with E-state index < -0.39 is 5.97 Å². The van der Waals surface area contributed by atoms with E-state index in [4.69, 9.17) is 4.74 Å². The summed E-state index contributed by atoms with van der Waals surface area (Å²) in [5, 5.41) is 2.71. The number of hydrogen-bond donors (Lipinski definition) is 0. The average molecular weight is 440 g/mol. The molecular weight excluding hydrogens is 414 g/mol. The standard InChI is InChI=1S/C23H25N3O4S/c1-15(2)30-23(29)19-20(16-7-4-5-8-17(16)24(3)22(19)28)25-10-12-26(13-11-25)21(27)18-9-6-14-31-18/h4-9,14-15H,10-13H2,1-3H3. The quantitative estimate of drug-likeness (QED) is 0.584. The van der Waals surface area contributed by atoms with E-state index in [9.17, 15) is 14.4 Å². The van der Waals surface area contributed by atoms with Gasteiger partial charge >= 0.3 is 5.97 Å². The molecule has 4 rings (SSSR count). The van der Waals surface area contributed by atoms with Crippen LogP contribution in [0.2, 0.25) is 0 Å². The summed E-state index contributed by atoms with van der Waals surface area (Å²) in [6, 6.07) is 11.2. The molecule has 0 atom stereocenters. The van der Waals surface area contributed by atoms with Gasteiger partial charge in [0.25, 0.3) is 11.5 Å². The molecule has 3 aromatic rings. The first kappa shape index (κ1) is 21.1. The topological polar surface area (TPSA) is 71.8 Å². The van der Waals surface area contributed by atoms with Gasteiger partial charge in [0.05, 0.1) is 22.2 Å². The maximum Gasteiger partial charge on any atom is 0.346 e. The van der Waals surface area contributed by atoms with Crippen molar-refractivity contribution in [2.24, 2.45) is 7.05 Å². The molecule has 1 amide bonds. The Morgan fingerprint density at radius 2 is 1.74 bits per heavy atom. The van der Waals surface area contributed by atoms with Crippen molar-refractivity contribution < 1.29 is 14.3 Å². The van der Waals surface area contributed by atoms with E-state index >= 15 is 0 Å². The summed E-state index contributed by atoms with van der Waals surface area (Å²) in [6.07, 6.45) is -0.336. The Bertz CT molecular complexity index is 1180. The Hall–Kier alpha value is -3.13. The molecule has 1 saturated heterocycles. The molecule has 0 radical (unpaired) electrons. The van der Waals surface area contributed by atoms with Crippen LogP contribution in [-0.4, -0.2) is 53.6 Å². The van der Waals surface area contributed by atoms with Gasteiger partial charge in [-0.25, -0.2) is 4.79 Å². The van der Waals surface area contributed by atoms with Crippen LogP contribution in [0.15, 0.2) is 46.6 Å². The lowest BCUT2D eigenvalue weighted by Crippen LogP contribution is -2.49. The molecule has 3 heterocycles. The third-order valence-corrected chi connectivity index (χ3v) is 6.30. The molecule has 7 nitrogen and oxygen atoms in total. The number of hydrogen-bond acceptors (Lipinski definition) is 6. The molecule has 31 heavy (non-hydrogen) atoms. The third kappa shape index (κ3) is 3.95. The van der Waals surface area contributed by atoms with E-state index in [0.29, 0.717) is 36.7 Å². The molecule has 0 aliphatic carbocycles. The van der Waals surface area contributed by atoms with Gasteiger partial charge in [-0.2, -0.15) is 0 Å². The number of anilines is 1. The van der Waals surface area contributed by atoms with Crippen LogP contribution in [-0.2, 0) is 11.8 Å². The summed E-state index contributed by atoms with van der Waals surface area (Å²) in [7, 11) is 1.66. The highest BCUT2D eigenvalue weighted by molar-refractivity contribution is 7.12.